The van der Waals surface area contributed by atoms with Gasteiger partial charge in [0.2, 0.25) is 0 Å². The van der Waals surface area contributed by atoms with Crippen molar-refractivity contribution in [1.29, 1.82) is 0 Å². The van der Waals surface area contributed by atoms with Gasteiger partial charge in [0.25, 0.3) is 0 Å². The van der Waals surface area contributed by atoms with E-state index in [2.05, 4.69) is 56.6 Å². The zero-order valence-electron chi connectivity index (χ0n) is 13.3. The fourth-order valence-electron chi connectivity index (χ4n) is 3.82. The van der Waals surface area contributed by atoms with Crippen LogP contribution in [0, 0.1) is 26.7 Å². The average Bonchev–Trinajstić information content (AvgIpc) is 2.86. The minimum atomic E-state index is 0.280. The number of rotatable bonds is 2. The Bertz CT molecular complexity index is 489. The summed E-state index contributed by atoms with van der Waals surface area (Å²) in [6.45, 7) is 14.1. The second-order valence-corrected chi connectivity index (χ2v) is 6.72. The van der Waals surface area contributed by atoms with Gasteiger partial charge in [0.1, 0.15) is 6.23 Å². The Hall–Kier alpha value is -1.06. The van der Waals surface area contributed by atoms with Crippen molar-refractivity contribution < 1.29 is 4.74 Å². The lowest BCUT2D eigenvalue weighted by molar-refractivity contribution is 0.0678. The van der Waals surface area contributed by atoms with E-state index in [1.54, 1.807) is 0 Å². The molecule has 2 saturated heterocycles. The van der Waals surface area contributed by atoms with E-state index in [1.165, 1.54) is 22.4 Å². The summed E-state index contributed by atoms with van der Waals surface area (Å²) in [6, 6.07) is 5.13. The zero-order chi connectivity index (χ0) is 14.4. The number of benzene rings is 1. The van der Waals surface area contributed by atoms with E-state index in [4.69, 9.17) is 4.74 Å². The summed E-state index contributed by atoms with van der Waals surface area (Å²) in [7, 11) is 0. The molecule has 2 aliphatic heterocycles. The summed E-state index contributed by atoms with van der Waals surface area (Å²) in [4.78, 5) is 5.02. The number of hydrogen-bond donors (Lipinski definition) is 0. The van der Waals surface area contributed by atoms with E-state index >= 15 is 0 Å². The van der Waals surface area contributed by atoms with Gasteiger partial charge in [0.05, 0.1) is 19.8 Å². The Morgan fingerprint density at radius 2 is 1.80 bits per heavy atom. The molecule has 0 spiro atoms. The molecule has 110 valence electrons. The molecule has 0 saturated carbocycles. The molecule has 1 aromatic carbocycles. The molecule has 1 unspecified atom stereocenters. The third kappa shape index (κ3) is 2.23. The first-order valence-corrected chi connectivity index (χ1v) is 7.67. The molecule has 3 rings (SSSR count). The van der Waals surface area contributed by atoms with Crippen molar-refractivity contribution in [2.75, 3.05) is 24.7 Å². The van der Waals surface area contributed by atoms with Crippen LogP contribution in [0.25, 0.3) is 0 Å². The van der Waals surface area contributed by atoms with Crippen molar-refractivity contribution in [2.45, 2.75) is 46.9 Å². The summed E-state index contributed by atoms with van der Waals surface area (Å²) < 4.78 is 5.99. The van der Waals surface area contributed by atoms with Gasteiger partial charge in [-0.1, -0.05) is 31.5 Å². The molecule has 0 aliphatic carbocycles. The molecule has 0 N–H and O–H groups in total. The molecular weight excluding hydrogens is 248 g/mol. The molecule has 0 radical (unpaired) electrons. The fourth-order valence-corrected chi connectivity index (χ4v) is 3.82. The Labute approximate surface area is 122 Å². The monoisotopic (exact) mass is 274 g/mol. The Morgan fingerprint density at radius 1 is 1.15 bits per heavy atom. The Kier molecular flexibility index (Phi) is 3.51. The molecule has 0 amide bonds. The molecule has 0 bridgehead atoms. The predicted octanol–water partition coefficient (Wildman–Crippen LogP) is 3.07. The van der Waals surface area contributed by atoms with Gasteiger partial charge in [0, 0.05) is 11.7 Å². The van der Waals surface area contributed by atoms with Crippen LogP contribution in [0.15, 0.2) is 12.1 Å². The number of hydrogen-bond acceptors (Lipinski definition) is 3. The molecule has 0 aromatic heterocycles. The van der Waals surface area contributed by atoms with Crippen LogP contribution in [0.3, 0.4) is 0 Å². The van der Waals surface area contributed by atoms with Crippen molar-refractivity contribution in [3.63, 3.8) is 0 Å². The largest absolute Gasteiger partial charge is 0.360 e. The van der Waals surface area contributed by atoms with Crippen LogP contribution >= 0.6 is 0 Å². The van der Waals surface area contributed by atoms with Crippen molar-refractivity contribution >= 4 is 5.69 Å². The van der Waals surface area contributed by atoms with Gasteiger partial charge in [-0.25, -0.2) is 0 Å². The maximum absolute atomic E-state index is 5.99. The van der Waals surface area contributed by atoms with Crippen molar-refractivity contribution in [3.05, 3.63) is 28.8 Å². The molecule has 2 aliphatic rings. The van der Waals surface area contributed by atoms with Gasteiger partial charge < -0.3 is 9.64 Å². The highest BCUT2D eigenvalue weighted by Crippen LogP contribution is 2.34. The van der Waals surface area contributed by atoms with Crippen LogP contribution in [-0.2, 0) is 4.74 Å². The summed E-state index contributed by atoms with van der Waals surface area (Å²) >= 11 is 0. The predicted molar refractivity (Wildman–Crippen MR) is 83.1 cm³/mol. The standard InChI is InChI=1S/C17H26N2O/c1-11(2)15-9-20-16-8-18(10-19(15)16)17-13(4)6-12(3)7-14(17)5/h6-7,11,15-16H,8-10H2,1-5H3/t15-,16?/m1/s1. The quantitative estimate of drug-likeness (QED) is 0.824. The third-order valence-corrected chi connectivity index (χ3v) is 4.69. The second-order valence-electron chi connectivity index (χ2n) is 6.72. The van der Waals surface area contributed by atoms with E-state index < -0.39 is 0 Å². The van der Waals surface area contributed by atoms with Gasteiger partial charge in [-0.3, -0.25) is 4.90 Å². The number of fused-ring (bicyclic) bond motifs is 1. The molecule has 20 heavy (non-hydrogen) atoms. The molecule has 1 aromatic rings. The lowest BCUT2D eigenvalue weighted by Crippen LogP contribution is -2.38. The van der Waals surface area contributed by atoms with Crippen molar-refractivity contribution in [2.24, 2.45) is 5.92 Å². The summed E-state index contributed by atoms with van der Waals surface area (Å²) in [5, 5.41) is 0. The normalized spacial score (nSPS) is 26.6. The summed E-state index contributed by atoms with van der Waals surface area (Å²) in [5.74, 6) is 0.653. The van der Waals surface area contributed by atoms with E-state index in [0.717, 1.165) is 19.8 Å². The van der Waals surface area contributed by atoms with E-state index in [1.807, 2.05) is 0 Å². The second kappa shape index (κ2) is 5.05. The number of aryl methyl sites for hydroxylation is 3. The summed E-state index contributed by atoms with van der Waals surface area (Å²) in [6.07, 6.45) is 0.280. The fraction of sp³-hybridized carbons (Fsp3) is 0.647. The Balaban J connectivity index is 1.85. The smallest absolute Gasteiger partial charge is 0.130 e. The van der Waals surface area contributed by atoms with Gasteiger partial charge in [0.15, 0.2) is 0 Å². The van der Waals surface area contributed by atoms with Crippen LogP contribution in [-0.4, -0.2) is 37.0 Å². The molecule has 3 nitrogen and oxygen atoms in total. The minimum Gasteiger partial charge on any atom is -0.360 e. The first-order chi connectivity index (χ1) is 9.47. The molecule has 2 fully saturated rings. The highest BCUT2D eigenvalue weighted by atomic mass is 16.5. The minimum absolute atomic E-state index is 0.280. The van der Waals surface area contributed by atoms with Gasteiger partial charge >= 0.3 is 0 Å². The van der Waals surface area contributed by atoms with Crippen LogP contribution in [0.5, 0.6) is 0 Å². The van der Waals surface area contributed by atoms with Crippen LogP contribution in [0.4, 0.5) is 5.69 Å². The molecular formula is C17H26N2O. The molecule has 2 atom stereocenters. The topological polar surface area (TPSA) is 15.7 Å². The summed E-state index contributed by atoms with van der Waals surface area (Å²) in [5.41, 5.74) is 5.51. The van der Waals surface area contributed by atoms with Crippen molar-refractivity contribution in [3.8, 4) is 0 Å². The average molecular weight is 274 g/mol. The number of anilines is 1. The van der Waals surface area contributed by atoms with Crippen LogP contribution in [0.2, 0.25) is 0 Å². The zero-order valence-corrected chi connectivity index (χ0v) is 13.3. The maximum Gasteiger partial charge on any atom is 0.130 e. The van der Waals surface area contributed by atoms with Gasteiger partial charge in [-0.05, 0) is 37.8 Å². The third-order valence-electron chi connectivity index (χ3n) is 4.69. The van der Waals surface area contributed by atoms with E-state index in [0.29, 0.717) is 12.0 Å². The van der Waals surface area contributed by atoms with E-state index in [9.17, 15) is 0 Å². The van der Waals surface area contributed by atoms with Crippen LogP contribution < -0.4 is 4.90 Å². The maximum atomic E-state index is 5.99. The first kappa shape index (κ1) is 13.9. The first-order valence-electron chi connectivity index (χ1n) is 7.67. The van der Waals surface area contributed by atoms with Gasteiger partial charge in [-0.2, -0.15) is 0 Å². The van der Waals surface area contributed by atoms with E-state index in [-0.39, 0.29) is 6.23 Å². The highest BCUT2D eigenvalue weighted by Gasteiger charge is 2.42. The SMILES string of the molecule is Cc1cc(C)c(N2CC3OC[C@H](C(C)C)N3C2)c(C)c1. The lowest BCUT2D eigenvalue weighted by atomic mass is 10.0. The molecule has 2 heterocycles. The van der Waals surface area contributed by atoms with Crippen LogP contribution in [0.1, 0.15) is 30.5 Å². The highest BCUT2D eigenvalue weighted by molar-refractivity contribution is 5.60. The number of ether oxygens (including phenoxy) is 1. The number of nitrogens with zero attached hydrogens (tertiary/aromatic N) is 2. The van der Waals surface area contributed by atoms with Gasteiger partial charge in [-0.15, -0.1) is 0 Å². The lowest BCUT2D eigenvalue weighted by Gasteiger charge is -2.27. The van der Waals surface area contributed by atoms with Crippen molar-refractivity contribution in [1.82, 2.24) is 4.90 Å². The Morgan fingerprint density at radius 3 is 2.40 bits per heavy atom. The molecule has 3 heteroatoms.